The fourth-order valence-corrected chi connectivity index (χ4v) is 2.72. The number of halogens is 3. The molecule has 0 fully saturated rings. The molecule has 2 rings (SSSR count). The van der Waals surface area contributed by atoms with Crippen LogP contribution >= 0.6 is 0 Å². The van der Waals surface area contributed by atoms with Gasteiger partial charge in [-0.15, -0.1) is 0 Å². The average Bonchev–Trinajstić information content (AvgIpc) is 2.74. The maximum Gasteiger partial charge on any atom is 0.490 e. The van der Waals surface area contributed by atoms with Gasteiger partial charge < -0.3 is 20.4 Å². The molecule has 0 spiro atoms. The first-order valence-corrected chi connectivity index (χ1v) is 9.80. The van der Waals surface area contributed by atoms with Crippen molar-refractivity contribution in [1.82, 2.24) is 0 Å². The third kappa shape index (κ3) is 8.29. The summed E-state index contributed by atoms with van der Waals surface area (Å²) in [5.74, 6) is -4.02. The van der Waals surface area contributed by atoms with Gasteiger partial charge in [0.25, 0.3) is 5.91 Å². The Labute approximate surface area is 183 Å². The number of amides is 1. The van der Waals surface area contributed by atoms with Crippen molar-refractivity contribution < 1.29 is 37.8 Å². The van der Waals surface area contributed by atoms with Crippen LogP contribution in [0.1, 0.15) is 47.4 Å². The highest BCUT2D eigenvalue weighted by atomic mass is 19.4. The molecule has 0 atom stereocenters. The van der Waals surface area contributed by atoms with E-state index in [1.54, 1.807) is 36.4 Å². The van der Waals surface area contributed by atoms with E-state index in [0.29, 0.717) is 11.3 Å². The Balaban J connectivity index is 0.000000633. The summed E-state index contributed by atoms with van der Waals surface area (Å²) >= 11 is 0. The molecule has 0 radical (unpaired) electrons. The number of anilines is 2. The van der Waals surface area contributed by atoms with Crippen LogP contribution in [0, 0.1) is 0 Å². The van der Waals surface area contributed by atoms with Gasteiger partial charge in [-0.1, -0.05) is 32.0 Å². The number of hydrogen-bond donors (Lipinski definition) is 3. The largest absolute Gasteiger partial charge is 0.490 e. The Bertz CT molecular complexity index is 912. The van der Waals surface area contributed by atoms with Gasteiger partial charge in [0.1, 0.15) is 0 Å². The van der Waals surface area contributed by atoms with Gasteiger partial charge in [0, 0.05) is 18.7 Å². The van der Waals surface area contributed by atoms with Crippen LogP contribution in [0.15, 0.2) is 48.5 Å². The Morgan fingerprint density at radius 2 is 1.44 bits per heavy atom. The lowest BCUT2D eigenvalue weighted by Crippen LogP contribution is -2.26. The van der Waals surface area contributed by atoms with E-state index in [4.69, 9.17) is 9.90 Å². The van der Waals surface area contributed by atoms with Crippen molar-refractivity contribution in [3.8, 4) is 0 Å². The number of aliphatic carboxylic acids is 1. The molecule has 1 amide bonds. The molecule has 3 N–H and O–H groups in total. The standard InChI is InChI=1S/C20H24N2O3.C2HF3O2/c1-3-12-22(13-4-2)18-11-10-16(20(24)25)14-17(18)21-19(23)15-8-6-5-7-9-15;3-2(4,5)1(6)7/h5-11,14H,3-4,12-13H2,1-2H3,(H,21,23)(H,24,25);(H,6,7). The number of hydrogen-bond acceptors (Lipinski definition) is 4. The molecule has 10 heteroatoms. The minimum atomic E-state index is -5.08. The van der Waals surface area contributed by atoms with E-state index in [-0.39, 0.29) is 11.5 Å². The number of nitrogens with one attached hydrogen (secondary N) is 1. The van der Waals surface area contributed by atoms with Crippen LogP contribution in [0.2, 0.25) is 0 Å². The van der Waals surface area contributed by atoms with E-state index in [1.807, 2.05) is 6.07 Å². The quantitative estimate of drug-likeness (QED) is 0.524. The van der Waals surface area contributed by atoms with Crippen LogP contribution in [-0.4, -0.2) is 47.3 Å². The molecule has 2 aromatic carbocycles. The van der Waals surface area contributed by atoms with Crippen molar-refractivity contribution in [3.63, 3.8) is 0 Å². The topological polar surface area (TPSA) is 107 Å². The van der Waals surface area contributed by atoms with E-state index < -0.39 is 18.1 Å². The number of alkyl halides is 3. The van der Waals surface area contributed by atoms with Gasteiger partial charge in [-0.25, -0.2) is 9.59 Å². The average molecular weight is 454 g/mol. The lowest BCUT2D eigenvalue weighted by Gasteiger charge is -2.26. The summed E-state index contributed by atoms with van der Waals surface area (Å²) in [5.41, 5.74) is 2.06. The molecule has 0 aliphatic carbocycles. The van der Waals surface area contributed by atoms with Crippen LogP contribution < -0.4 is 10.2 Å². The Hall–Kier alpha value is -3.56. The molecule has 0 unspecified atom stereocenters. The maximum absolute atomic E-state index is 12.5. The summed E-state index contributed by atoms with van der Waals surface area (Å²) in [7, 11) is 0. The zero-order valence-electron chi connectivity index (χ0n) is 17.6. The smallest absolute Gasteiger partial charge is 0.478 e. The zero-order chi connectivity index (χ0) is 24.3. The van der Waals surface area contributed by atoms with Gasteiger partial charge in [0.05, 0.1) is 16.9 Å². The second kappa shape index (κ2) is 12.3. The van der Waals surface area contributed by atoms with Crippen molar-refractivity contribution in [1.29, 1.82) is 0 Å². The lowest BCUT2D eigenvalue weighted by atomic mass is 10.1. The van der Waals surface area contributed by atoms with Crippen molar-refractivity contribution in [2.24, 2.45) is 0 Å². The number of carboxylic acid groups (broad SMARTS) is 2. The molecule has 0 aromatic heterocycles. The first-order valence-electron chi connectivity index (χ1n) is 9.80. The summed E-state index contributed by atoms with van der Waals surface area (Å²) in [6.07, 6.45) is -3.15. The first-order chi connectivity index (χ1) is 15.0. The van der Waals surface area contributed by atoms with E-state index in [0.717, 1.165) is 31.6 Å². The normalized spacial score (nSPS) is 10.5. The molecule has 0 aliphatic heterocycles. The van der Waals surface area contributed by atoms with Crippen LogP contribution in [0.4, 0.5) is 24.5 Å². The molecule has 0 bridgehead atoms. The molecule has 7 nitrogen and oxygen atoms in total. The van der Waals surface area contributed by atoms with Crippen molar-refractivity contribution in [3.05, 3.63) is 59.7 Å². The van der Waals surface area contributed by atoms with Gasteiger partial charge in [0.2, 0.25) is 0 Å². The Morgan fingerprint density at radius 1 is 0.906 bits per heavy atom. The molecule has 32 heavy (non-hydrogen) atoms. The van der Waals surface area contributed by atoms with Gasteiger partial charge >= 0.3 is 18.1 Å². The van der Waals surface area contributed by atoms with E-state index >= 15 is 0 Å². The summed E-state index contributed by atoms with van der Waals surface area (Å²) < 4.78 is 31.7. The predicted molar refractivity (Wildman–Crippen MR) is 114 cm³/mol. The fourth-order valence-electron chi connectivity index (χ4n) is 2.72. The van der Waals surface area contributed by atoms with Gasteiger partial charge in [-0.2, -0.15) is 13.2 Å². The van der Waals surface area contributed by atoms with Crippen LogP contribution in [0.3, 0.4) is 0 Å². The van der Waals surface area contributed by atoms with Crippen molar-refractivity contribution in [2.45, 2.75) is 32.9 Å². The van der Waals surface area contributed by atoms with Crippen molar-refractivity contribution >= 4 is 29.2 Å². The van der Waals surface area contributed by atoms with Gasteiger partial charge in [-0.3, -0.25) is 4.79 Å². The summed E-state index contributed by atoms with van der Waals surface area (Å²) in [5, 5.41) is 19.3. The minimum absolute atomic E-state index is 0.153. The van der Waals surface area contributed by atoms with Crippen LogP contribution in [0.25, 0.3) is 0 Å². The number of rotatable bonds is 8. The number of nitrogens with zero attached hydrogens (tertiary/aromatic N) is 1. The second-order valence-corrected chi connectivity index (χ2v) is 6.65. The summed E-state index contributed by atoms with van der Waals surface area (Å²) in [6.45, 7) is 5.87. The zero-order valence-corrected chi connectivity index (χ0v) is 17.6. The number of carboxylic acids is 2. The van der Waals surface area contributed by atoms with Crippen molar-refractivity contribution in [2.75, 3.05) is 23.3 Å². The first kappa shape index (κ1) is 26.5. The maximum atomic E-state index is 12.5. The molecule has 174 valence electrons. The molecule has 0 heterocycles. The lowest BCUT2D eigenvalue weighted by molar-refractivity contribution is -0.192. The number of carbonyl (C=O) groups excluding carboxylic acids is 1. The van der Waals surface area contributed by atoms with Gasteiger partial charge in [-0.05, 0) is 43.2 Å². The molecule has 0 saturated carbocycles. The fraction of sp³-hybridized carbons (Fsp3) is 0.318. The third-order valence-electron chi connectivity index (χ3n) is 4.10. The Kier molecular flexibility index (Phi) is 10.2. The molecule has 2 aromatic rings. The molecular formula is C22H25F3N2O5. The van der Waals surface area contributed by atoms with E-state index in [9.17, 15) is 27.9 Å². The highest BCUT2D eigenvalue weighted by Gasteiger charge is 2.38. The monoisotopic (exact) mass is 454 g/mol. The molecule has 0 saturated heterocycles. The van der Waals surface area contributed by atoms with E-state index in [2.05, 4.69) is 24.1 Å². The summed E-state index contributed by atoms with van der Waals surface area (Å²) in [6, 6.07) is 13.8. The third-order valence-corrected chi connectivity index (χ3v) is 4.10. The molecular weight excluding hydrogens is 429 g/mol. The van der Waals surface area contributed by atoms with Crippen LogP contribution in [-0.2, 0) is 4.79 Å². The summed E-state index contributed by atoms with van der Waals surface area (Å²) in [4.78, 5) is 34.9. The van der Waals surface area contributed by atoms with Gasteiger partial charge in [0.15, 0.2) is 0 Å². The SMILES string of the molecule is CCCN(CCC)c1ccc(C(=O)O)cc1NC(=O)c1ccccc1.O=C(O)C(F)(F)F. The highest BCUT2D eigenvalue weighted by molar-refractivity contribution is 6.06. The number of aromatic carboxylic acids is 1. The predicted octanol–water partition coefficient (Wildman–Crippen LogP) is 4.90. The number of carbonyl (C=O) groups is 3. The highest BCUT2D eigenvalue weighted by Crippen LogP contribution is 2.28. The number of benzene rings is 2. The Morgan fingerprint density at radius 3 is 1.88 bits per heavy atom. The second-order valence-electron chi connectivity index (χ2n) is 6.65. The minimum Gasteiger partial charge on any atom is -0.478 e. The molecule has 0 aliphatic rings. The van der Waals surface area contributed by atoms with Crippen LogP contribution in [0.5, 0.6) is 0 Å². The van der Waals surface area contributed by atoms with E-state index in [1.165, 1.54) is 6.07 Å².